The van der Waals surface area contributed by atoms with Gasteiger partial charge in [0.05, 0.1) is 24.2 Å². The van der Waals surface area contributed by atoms with Crippen LogP contribution in [0.1, 0.15) is 46.5 Å². The maximum Gasteiger partial charge on any atom is 0.306 e. The van der Waals surface area contributed by atoms with E-state index in [-0.39, 0.29) is 5.97 Å². The largest absolute Gasteiger partial charge is 0.460 e. The molecule has 1 aromatic heterocycles. The molecule has 0 amide bonds. The smallest absolute Gasteiger partial charge is 0.306 e. The molecule has 8 heteroatoms. The summed E-state index contributed by atoms with van der Waals surface area (Å²) >= 11 is 6.31. The average Bonchev–Trinajstić information content (AvgIpc) is 2.70. The van der Waals surface area contributed by atoms with Crippen molar-refractivity contribution in [3.63, 3.8) is 0 Å². The van der Waals surface area contributed by atoms with Crippen LogP contribution in [0, 0.1) is 0 Å². The van der Waals surface area contributed by atoms with E-state index in [1.165, 1.54) is 0 Å². The second-order valence-corrected chi connectivity index (χ2v) is 8.82. The van der Waals surface area contributed by atoms with Gasteiger partial charge in [0.1, 0.15) is 5.60 Å². The standard InChI is InChI=1S/C22H31ClN4O3/c1-22(2,3)30-19(28)7-5-4-6-10-24-21-20(23)25-17-9-8-16(15-18(17)26-21)27-11-13-29-14-12-27/h8-9,15H,4-7,10-14H2,1-3H3,(H,24,26). The Bertz CT molecular complexity index is 863. The number of nitrogens with one attached hydrogen (secondary N) is 1. The Morgan fingerprint density at radius 2 is 1.93 bits per heavy atom. The minimum Gasteiger partial charge on any atom is -0.460 e. The summed E-state index contributed by atoms with van der Waals surface area (Å²) < 4.78 is 10.8. The lowest BCUT2D eigenvalue weighted by atomic mass is 10.1. The zero-order valence-corrected chi connectivity index (χ0v) is 18.8. The van der Waals surface area contributed by atoms with E-state index in [4.69, 9.17) is 21.1 Å². The molecule has 0 spiro atoms. The number of rotatable bonds is 8. The quantitative estimate of drug-likeness (QED) is 0.486. The third-order valence-electron chi connectivity index (χ3n) is 4.75. The summed E-state index contributed by atoms with van der Waals surface area (Å²) in [5, 5.41) is 3.65. The van der Waals surface area contributed by atoms with Crippen molar-refractivity contribution in [1.82, 2.24) is 9.97 Å². The summed E-state index contributed by atoms with van der Waals surface area (Å²) in [5.41, 5.74) is 2.29. The van der Waals surface area contributed by atoms with E-state index in [0.717, 1.165) is 68.8 Å². The highest BCUT2D eigenvalue weighted by atomic mass is 35.5. The summed E-state index contributed by atoms with van der Waals surface area (Å²) in [4.78, 5) is 23.2. The van der Waals surface area contributed by atoms with E-state index in [1.807, 2.05) is 26.8 Å². The summed E-state index contributed by atoms with van der Waals surface area (Å²) in [6.45, 7) is 9.60. The van der Waals surface area contributed by atoms with Gasteiger partial charge >= 0.3 is 5.97 Å². The first-order chi connectivity index (χ1) is 14.3. The predicted molar refractivity (Wildman–Crippen MR) is 120 cm³/mol. The van der Waals surface area contributed by atoms with Gasteiger partial charge in [-0.15, -0.1) is 0 Å². The average molecular weight is 435 g/mol. The zero-order valence-electron chi connectivity index (χ0n) is 18.0. The predicted octanol–water partition coefficient (Wildman–Crippen LogP) is 4.43. The molecule has 1 aliphatic rings. The highest BCUT2D eigenvalue weighted by Gasteiger charge is 2.16. The lowest BCUT2D eigenvalue weighted by Gasteiger charge is -2.28. The second-order valence-electron chi connectivity index (χ2n) is 8.46. The Labute approximate surface area is 183 Å². The Morgan fingerprint density at radius 1 is 1.17 bits per heavy atom. The van der Waals surface area contributed by atoms with E-state index in [1.54, 1.807) is 0 Å². The fourth-order valence-corrected chi connectivity index (χ4v) is 3.52. The second kappa shape index (κ2) is 10.3. The number of ether oxygens (including phenoxy) is 2. The molecule has 0 aliphatic carbocycles. The van der Waals surface area contributed by atoms with Crippen LogP contribution in [0.15, 0.2) is 18.2 Å². The van der Waals surface area contributed by atoms with Crippen molar-refractivity contribution in [2.75, 3.05) is 43.1 Å². The van der Waals surface area contributed by atoms with Crippen LogP contribution < -0.4 is 10.2 Å². The summed E-state index contributed by atoms with van der Waals surface area (Å²) in [6.07, 6.45) is 3.08. The van der Waals surface area contributed by atoms with E-state index in [2.05, 4.69) is 32.3 Å². The fourth-order valence-electron chi connectivity index (χ4n) is 3.32. The summed E-state index contributed by atoms with van der Waals surface area (Å²) in [5.74, 6) is 0.449. The number of carbonyl (C=O) groups is 1. The molecule has 1 N–H and O–H groups in total. The number of unbranched alkanes of at least 4 members (excludes halogenated alkanes) is 2. The van der Waals surface area contributed by atoms with Crippen molar-refractivity contribution in [3.05, 3.63) is 23.4 Å². The number of anilines is 2. The monoisotopic (exact) mass is 434 g/mol. The molecule has 1 aliphatic heterocycles. The number of hydrogen-bond acceptors (Lipinski definition) is 7. The molecule has 30 heavy (non-hydrogen) atoms. The van der Waals surface area contributed by atoms with Gasteiger partial charge in [-0.2, -0.15) is 0 Å². The maximum atomic E-state index is 11.7. The lowest BCUT2D eigenvalue weighted by Crippen LogP contribution is -2.36. The highest BCUT2D eigenvalue weighted by Crippen LogP contribution is 2.25. The lowest BCUT2D eigenvalue weighted by molar-refractivity contribution is -0.154. The molecule has 0 unspecified atom stereocenters. The van der Waals surface area contributed by atoms with Gasteiger partial charge in [0, 0.05) is 31.7 Å². The normalized spacial score (nSPS) is 14.7. The molecular formula is C22H31ClN4O3. The maximum absolute atomic E-state index is 11.7. The molecule has 2 aromatic rings. The molecule has 0 radical (unpaired) electrons. The Balaban J connectivity index is 1.50. The third-order valence-corrected chi connectivity index (χ3v) is 5.02. The van der Waals surface area contributed by atoms with Gasteiger partial charge in [-0.05, 0) is 51.8 Å². The fraction of sp³-hybridized carbons (Fsp3) is 0.591. The first-order valence-electron chi connectivity index (χ1n) is 10.6. The molecule has 2 heterocycles. The number of fused-ring (bicyclic) bond motifs is 1. The van der Waals surface area contributed by atoms with Gasteiger partial charge < -0.3 is 19.7 Å². The third kappa shape index (κ3) is 6.71. The molecule has 0 saturated carbocycles. The molecule has 7 nitrogen and oxygen atoms in total. The number of nitrogens with zero attached hydrogens (tertiary/aromatic N) is 3. The molecule has 1 saturated heterocycles. The van der Waals surface area contributed by atoms with Crippen LogP contribution in [0.2, 0.25) is 5.15 Å². The Hall–Kier alpha value is -2.12. The van der Waals surface area contributed by atoms with Gasteiger partial charge in [0.2, 0.25) is 0 Å². The van der Waals surface area contributed by atoms with Crippen LogP contribution >= 0.6 is 11.6 Å². The zero-order chi connectivity index (χ0) is 21.6. The highest BCUT2D eigenvalue weighted by molar-refractivity contribution is 6.32. The molecule has 0 bridgehead atoms. The summed E-state index contributed by atoms with van der Waals surface area (Å²) in [7, 11) is 0. The topological polar surface area (TPSA) is 76.6 Å². The minimum absolute atomic E-state index is 0.144. The SMILES string of the molecule is CC(C)(C)OC(=O)CCCCCNc1nc2cc(N3CCOCC3)ccc2nc1Cl. The van der Waals surface area contributed by atoms with Crippen molar-refractivity contribution in [1.29, 1.82) is 0 Å². The number of hydrogen-bond donors (Lipinski definition) is 1. The molecular weight excluding hydrogens is 404 g/mol. The number of benzene rings is 1. The molecule has 1 aromatic carbocycles. The van der Waals surface area contributed by atoms with Crippen molar-refractivity contribution >= 4 is 40.1 Å². The number of halogens is 1. The van der Waals surface area contributed by atoms with E-state index in [0.29, 0.717) is 17.4 Å². The van der Waals surface area contributed by atoms with Gasteiger partial charge in [0.15, 0.2) is 11.0 Å². The van der Waals surface area contributed by atoms with Crippen molar-refractivity contribution in [2.45, 2.75) is 52.1 Å². The summed E-state index contributed by atoms with van der Waals surface area (Å²) in [6, 6.07) is 6.06. The van der Waals surface area contributed by atoms with Gasteiger partial charge in [-0.1, -0.05) is 18.0 Å². The van der Waals surface area contributed by atoms with Crippen molar-refractivity contribution < 1.29 is 14.3 Å². The van der Waals surface area contributed by atoms with E-state index < -0.39 is 5.60 Å². The van der Waals surface area contributed by atoms with Crippen LogP contribution in [0.4, 0.5) is 11.5 Å². The first kappa shape index (κ1) is 22.6. The molecule has 3 rings (SSSR count). The first-order valence-corrected chi connectivity index (χ1v) is 11.0. The van der Waals surface area contributed by atoms with Crippen LogP contribution in [-0.4, -0.2) is 54.4 Å². The molecule has 164 valence electrons. The number of carbonyl (C=O) groups excluding carboxylic acids is 1. The molecule has 1 fully saturated rings. The minimum atomic E-state index is -0.425. The van der Waals surface area contributed by atoms with E-state index in [9.17, 15) is 4.79 Å². The van der Waals surface area contributed by atoms with E-state index >= 15 is 0 Å². The van der Waals surface area contributed by atoms with Crippen LogP contribution in [0.25, 0.3) is 11.0 Å². The Morgan fingerprint density at radius 3 is 2.67 bits per heavy atom. The van der Waals surface area contributed by atoms with Crippen LogP contribution in [0.3, 0.4) is 0 Å². The van der Waals surface area contributed by atoms with Gasteiger partial charge in [-0.3, -0.25) is 4.79 Å². The van der Waals surface area contributed by atoms with Crippen LogP contribution in [-0.2, 0) is 14.3 Å². The number of esters is 1. The number of morpholine rings is 1. The van der Waals surface area contributed by atoms with Crippen molar-refractivity contribution in [2.24, 2.45) is 0 Å². The number of aromatic nitrogens is 2. The van der Waals surface area contributed by atoms with Gasteiger partial charge in [-0.25, -0.2) is 9.97 Å². The van der Waals surface area contributed by atoms with Gasteiger partial charge in [0.25, 0.3) is 0 Å². The van der Waals surface area contributed by atoms with Crippen LogP contribution in [0.5, 0.6) is 0 Å². The Kier molecular flexibility index (Phi) is 7.72. The van der Waals surface area contributed by atoms with Crippen molar-refractivity contribution in [3.8, 4) is 0 Å². The molecule has 0 atom stereocenters.